The van der Waals surface area contributed by atoms with E-state index in [1.165, 1.54) is 12.0 Å². The van der Waals surface area contributed by atoms with Gasteiger partial charge in [-0.15, -0.1) is 0 Å². The minimum atomic E-state index is 0.193. The molecule has 114 valence electrons. The van der Waals surface area contributed by atoms with Gasteiger partial charge in [0.2, 0.25) is 0 Å². The smallest absolute Gasteiger partial charge is 0.124 e. The summed E-state index contributed by atoms with van der Waals surface area (Å²) in [7, 11) is 0. The van der Waals surface area contributed by atoms with Gasteiger partial charge in [0.25, 0.3) is 0 Å². The number of aliphatic hydroxyl groups excluding tert-OH is 1. The van der Waals surface area contributed by atoms with Crippen molar-refractivity contribution < 1.29 is 9.84 Å². The van der Waals surface area contributed by atoms with Crippen LogP contribution in [0.15, 0.2) is 24.3 Å². The molecule has 0 fully saturated rings. The third-order valence-electron chi connectivity index (χ3n) is 3.32. The van der Waals surface area contributed by atoms with Crippen LogP contribution >= 0.6 is 0 Å². The fraction of sp³-hybridized carbons (Fsp3) is 0.647. The molecule has 0 aliphatic heterocycles. The Bertz CT molecular complexity index is 360. The normalized spacial score (nSPS) is 12.7. The second-order valence-electron chi connectivity index (χ2n) is 5.57. The van der Waals surface area contributed by atoms with Crippen molar-refractivity contribution in [2.24, 2.45) is 5.92 Å². The van der Waals surface area contributed by atoms with Crippen molar-refractivity contribution in [3.05, 3.63) is 29.8 Å². The first-order chi connectivity index (χ1) is 9.67. The molecule has 1 aromatic rings. The number of ether oxygens (including phenoxy) is 1. The molecular formula is C17H29NO2. The summed E-state index contributed by atoms with van der Waals surface area (Å²) in [5.41, 5.74) is 1.19. The summed E-state index contributed by atoms with van der Waals surface area (Å²) in [6, 6.07) is 8.17. The summed E-state index contributed by atoms with van der Waals surface area (Å²) in [6.45, 7) is 8.32. The van der Waals surface area contributed by atoms with Crippen LogP contribution in [-0.4, -0.2) is 24.4 Å². The van der Waals surface area contributed by atoms with Crippen LogP contribution in [0.2, 0.25) is 0 Å². The van der Waals surface area contributed by atoms with Gasteiger partial charge in [0.05, 0.1) is 6.10 Å². The molecule has 0 amide bonds. The first-order valence-corrected chi connectivity index (χ1v) is 7.73. The molecule has 2 N–H and O–H groups in total. The average molecular weight is 279 g/mol. The number of hydrogen-bond donors (Lipinski definition) is 2. The highest BCUT2D eigenvalue weighted by Gasteiger charge is 2.08. The van der Waals surface area contributed by atoms with E-state index in [2.05, 4.69) is 18.3 Å². The Kier molecular flexibility index (Phi) is 8.31. The third kappa shape index (κ3) is 6.40. The number of hydrogen-bond acceptors (Lipinski definition) is 3. The van der Waals surface area contributed by atoms with Gasteiger partial charge in [-0.2, -0.15) is 0 Å². The molecule has 0 aromatic heterocycles. The van der Waals surface area contributed by atoms with E-state index in [9.17, 15) is 0 Å². The van der Waals surface area contributed by atoms with E-state index in [-0.39, 0.29) is 12.7 Å². The van der Waals surface area contributed by atoms with E-state index in [1.54, 1.807) is 0 Å². The third-order valence-corrected chi connectivity index (χ3v) is 3.32. The molecule has 0 bridgehead atoms. The zero-order chi connectivity index (χ0) is 14.8. The Hall–Kier alpha value is -1.06. The fourth-order valence-electron chi connectivity index (χ4n) is 2.37. The molecule has 0 aliphatic carbocycles. The van der Waals surface area contributed by atoms with Gasteiger partial charge < -0.3 is 15.2 Å². The Balaban J connectivity index is 2.48. The highest BCUT2D eigenvalue weighted by Crippen LogP contribution is 2.19. The fourth-order valence-corrected chi connectivity index (χ4v) is 2.37. The minimum Gasteiger partial charge on any atom is -0.491 e. The van der Waals surface area contributed by atoms with Crippen LogP contribution in [-0.2, 0) is 6.54 Å². The van der Waals surface area contributed by atoms with E-state index >= 15 is 0 Å². The zero-order valence-corrected chi connectivity index (χ0v) is 13.1. The van der Waals surface area contributed by atoms with Gasteiger partial charge in [0.15, 0.2) is 0 Å². The van der Waals surface area contributed by atoms with Gasteiger partial charge >= 0.3 is 0 Å². The lowest BCUT2D eigenvalue weighted by molar-refractivity contribution is 0.237. The predicted molar refractivity (Wildman–Crippen MR) is 84.0 cm³/mol. The SMILES string of the molecule is CCCC(CCO)CNCc1ccccc1OC(C)C. The van der Waals surface area contributed by atoms with Crippen molar-refractivity contribution in [1.82, 2.24) is 5.32 Å². The summed E-state index contributed by atoms with van der Waals surface area (Å²) in [6.07, 6.45) is 3.40. The molecule has 1 atom stereocenters. The molecule has 0 heterocycles. The maximum Gasteiger partial charge on any atom is 0.124 e. The van der Waals surface area contributed by atoms with Gasteiger partial charge in [0, 0.05) is 18.7 Å². The predicted octanol–water partition coefficient (Wildman–Crippen LogP) is 3.36. The van der Waals surface area contributed by atoms with Crippen LogP contribution in [0.3, 0.4) is 0 Å². The molecule has 20 heavy (non-hydrogen) atoms. The Morgan fingerprint density at radius 3 is 2.60 bits per heavy atom. The summed E-state index contributed by atoms with van der Waals surface area (Å²) in [5.74, 6) is 1.52. The number of rotatable bonds is 10. The number of nitrogens with one attached hydrogen (secondary N) is 1. The Morgan fingerprint density at radius 1 is 1.20 bits per heavy atom. The summed E-state index contributed by atoms with van der Waals surface area (Å²) in [5, 5.41) is 12.6. The lowest BCUT2D eigenvalue weighted by Gasteiger charge is -2.18. The molecule has 1 unspecified atom stereocenters. The molecule has 0 spiro atoms. The van der Waals surface area contributed by atoms with Gasteiger partial charge in [-0.3, -0.25) is 0 Å². The Labute approximate surface area is 123 Å². The highest BCUT2D eigenvalue weighted by atomic mass is 16.5. The van der Waals surface area contributed by atoms with Crippen LogP contribution in [0.1, 0.15) is 45.6 Å². The van der Waals surface area contributed by atoms with Crippen LogP contribution in [0, 0.1) is 5.92 Å². The van der Waals surface area contributed by atoms with Crippen molar-refractivity contribution in [3.63, 3.8) is 0 Å². The van der Waals surface area contributed by atoms with Gasteiger partial charge in [0.1, 0.15) is 5.75 Å². The van der Waals surface area contributed by atoms with Crippen molar-refractivity contribution in [3.8, 4) is 5.75 Å². The van der Waals surface area contributed by atoms with E-state index < -0.39 is 0 Å². The van der Waals surface area contributed by atoms with Crippen molar-refractivity contribution in [2.45, 2.75) is 52.7 Å². The van der Waals surface area contributed by atoms with Gasteiger partial charge in [-0.1, -0.05) is 31.5 Å². The van der Waals surface area contributed by atoms with Gasteiger partial charge in [-0.05, 0) is 45.2 Å². The molecule has 3 heteroatoms. The molecule has 1 aromatic carbocycles. The average Bonchev–Trinajstić information content (AvgIpc) is 2.40. The molecular weight excluding hydrogens is 250 g/mol. The number of para-hydroxylation sites is 1. The number of benzene rings is 1. The van der Waals surface area contributed by atoms with Crippen molar-refractivity contribution in [1.29, 1.82) is 0 Å². The van der Waals surface area contributed by atoms with E-state index in [1.807, 2.05) is 32.0 Å². The van der Waals surface area contributed by atoms with Crippen LogP contribution in [0.4, 0.5) is 0 Å². The molecule has 0 saturated carbocycles. The Morgan fingerprint density at radius 2 is 1.95 bits per heavy atom. The topological polar surface area (TPSA) is 41.5 Å². The second kappa shape index (κ2) is 9.78. The molecule has 3 nitrogen and oxygen atoms in total. The lowest BCUT2D eigenvalue weighted by atomic mass is 10.00. The van der Waals surface area contributed by atoms with Crippen molar-refractivity contribution in [2.75, 3.05) is 13.2 Å². The van der Waals surface area contributed by atoms with Gasteiger partial charge in [-0.25, -0.2) is 0 Å². The summed E-state index contributed by atoms with van der Waals surface area (Å²) >= 11 is 0. The van der Waals surface area contributed by atoms with E-state index in [0.717, 1.165) is 31.7 Å². The standard InChI is InChI=1S/C17H29NO2/c1-4-7-15(10-11-19)12-18-13-16-8-5-6-9-17(16)20-14(2)3/h5-6,8-9,14-15,18-19H,4,7,10-13H2,1-3H3. The first-order valence-electron chi connectivity index (χ1n) is 7.73. The summed E-state index contributed by atoms with van der Waals surface area (Å²) < 4.78 is 5.82. The highest BCUT2D eigenvalue weighted by molar-refractivity contribution is 5.33. The van der Waals surface area contributed by atoms with E-state index in [4.69, 9.17) is 9.84 Å². The number of aliphatic hydroxyl groups is 1. The second-order valence-corrected chi connectivity index (χ2v) is 5.57. The molecule has 1 rings (SSSR count). The largest absolute Gasteiger partial charge is 0.491 e. The van der Waals surface area contributed by atoms with Crippen LogP contribution in [0.25, 0.3) is 0 Å². The van der Waals surface area contributed by atoms with Crippen LogP contribution < -0.4 is 10.1 Å². The lowest BCUT2D eigenvalue weighted by Crippen LogP contribution is -2.23. The molecule has 0 saturated heterocycles. The zero-order valence-electron chi connectivity index (χ0n) is 13.1. The van der Waals surface area contributed by atoms with E-state index in [0.29, 0.717) is 5.92 Å². The maximum atomic E-state index is 9.08. The molecule has 0 aliphatic rings. The maximum absolute atomic E-state index is 9.08. The monoisotopic (exact) mass is 279 g/mol. The first kappa shape index (κ1) is 17.0. The minimum absolute atomic E-state index is 0.193. The molecule has 0 radical (unpaired) electrons. The summed E-state index contributed by atoms with van der Waals surface area (Å²) in [4.78, 5) is 0. The van der Waals surface area contributed by atoms with Crippen LogP contribution in [0.5, 0.6) is 5.75 Å². The van der Waals surface area contributed by atoms with Crippen molar-refractivity contribution >= 4 is 0 Å². The quantitative estimate of drug-likeness (QED) is 0.690.